The molecule has 2 aromatic carbocycles. The molecule has 110 valence electrons. The molecule has 0 unspecified atom stereocenters. The summed E-state index contributed by atoms with van der Waals surface area (Å²) in [4.78, 5) is 13.3. The molecule has 3 nitrogen and oxygen atoms in total. The van der Waals surface area contributed by atoms with Crippen molar-refractivity contribution in [3.63, 3.8) is 0 Å². The molecule has 0 radical (unpaired) electrons. The maximum absolute atomic E-state index is 13.5. The lowest BCUT2D eigenvalue weighted by Gasteiger charge is -2.18. The van der Waals surface area contributed by atoms with Gasteiger partial charge in [0.1, 0.15) is 17.5 Å². The minimum atomic E-state index is -0.742. The van der Waals surface area contributed by atoms with Gasteiger partial charge in [0.05, 0.1) is 0 Å². The normalized spacial score (nSPS) is 10.5. The number of nitrogen functional groups attached to an aromatic ring is 1. The van der Waals surface area contributed by atoms with Gasteiger partial charge in [0.15, 0.2) is 0 Å². The van der Waals surface area contributed by atoms with Crippen LogP contribution >= 0.6 is 0 Å². The van der Waals surface area contributed by atoms with Crippen LogP contribution in [0, 0.1) is 17.5 Å². The van der Waals surface area contributed by atoms with Gasteiger partial charge in [-0.15, -0.1) is 0 Å². The summed E-state index contributed by atoms with van der Waals surface area (Å²) in [7, 11) is 1.44. The Morgan fingerprint density at radius 3 is 2.43 bits per heavy atom. The minimum Gasteiger partial charge on any atom is -0.399 e. The Hall–Kier alpha value is -2.50. The van der Waals surface area contributed by atoms with Gasteiger partial charge in [-0.05, 0) is 24.3 Å². The molecule has 2 rings (SSSR count). The maximum atomic E-state index is 13.5. The second-order valence-electron chi connectivity index (χ2n) is 4.67. The molecule has 0 fully saturated rings. The van der Waals surface area contributed by atoms with E-state index in [-0.39, 0.29) is 23.4 Å². The Bertz CT molecular complexity index is 668. The fourth-order valence-electron chi connectivity index (χ4n) is 1.93. The molecule has 0 saturated carbocycles. The van der Waals surface area contributed by atoms with E-state index in [1.165, 1.54) is 24.1 Å². The number of rotatable bonds is 3. The molecule has 0 aromatic heterocycles. The molecule has 6 heteroatoms. The third kappa shape index (κ3) is 3.53. The van der Waals surface area contributed by atoms with Gasteiger partial charge in [-0.1, -0.05) is 6.07 Å². The van der Waals surface area contributed by atoms with Crippen molar-refractivity contribution in [2.24, 2.45) is 0 Å². The Morgan fingerprint density at radius 2 is 1.81 bits per heavy atom. The third-order valence-electron chi connectivity index (χ3n) is 2.94. The number of hydrogen-bond acceptors (Lipinski definition) is 2. The van der Waals surface area contributed by atoms with E-state index >= 15 is 0 Å². The zero-order valence-electron chi connectivity index (χ0n) is 11.2. The van der Waals surface area contributed by atoms with Crippen molar-refractivity contribution in [3.8, 4) is 0 Å². The van der Waals surface area contributed by atoms with Gasteiger partial charge in [-0.2, -0.15) is 0 Å². The smallest absolute Gasteiger partial charge is 0.254 e. The zero-order valence-corrected chi connectivity index (χ0v) is 11.2. The van der Waals surface area contributed by atoms with Crippen LogP contribution in [0.3, 0.4) is 0 Å². The lowest BCUT2D eigenvalue weighted by molar-refractivity contribution is 0.0783. The lowest BCUT2D eigenvalue weighted by Crippen LogP contribution is -2.26. The van der Waals surface area contributed by atoms with Gasteiger partial charge in [-0.25, -0.2) is 13.2 Å². The first kappa shape index (κ1) is 14.9. The SMILES string of the molecule is CN(Cc1ccc(F)cc1F)C(=O)c1cc(N)cc(F)c1. The molecule has 0 bridgehead atoms. The average Bonchev–Trinajstić information content (AvgIpc) is 2.40. The van der Waals surface area contributed by atoms with Crippen LogP contribution in [0.5, 0.6) is 0 Å². The summed E-state index contributed by atoms with van der Waals surface area (Å²) in [5.41, 5.74) is 5.83. The van der Waals surface area contributed by atoms with Crippen LogP contribution in [0.1, 0.15) is 15.9 Å². The van der Waals surface area contributed by atoms with Gasteiger partial charge in [0.25, 0.3) is 5.91 Å². The standard InChI is InChI=1S/C15H13F3N2O/c1-20(8-9-2-3-11(16)7-14(9)18)15(21)10-4-12(17)6-13(19)5-10/h2-7H,8,19H2,1H3. The Balaban J connectivity index is 2.19. The van der Waals surface area contributed by atoms with E-state index in [0.29, 0.717) is 0 Å². The Kier molecular flexibility index (Phi) is 4.16. The fourth-order valence-corrected chi connectivity index (χ4v) is 1.93. The molecule has 0 atom stereocenters. The summed E-state index contributed by atoms with van der Waals surface area (Å²) in [6, 6.07) is 6.59. The fraction of sp³-hybridized carbons (Fsp3) is 0.133. The first-order valence-electron chi connectivity index (χ1n) is 6.12. The molecule has 0 saturated heterocycles. The highest BCUT2D eigenvalue weighted by atomic mass is 19.1. The van der Waals surface area contributed by atoms with Gasteiger partial charge in [-0.3, -0.25) is 4.79 Å². The summed E-state index contributed by atoms with van der Waals surface area (Å²) in [6.45, 7) is -0.0681. The predicted molar refractivity (Wildman–Crippen MR) is 73.0 cm³/mol. The average molecular weight is 294 g/mol. The number of hydrogen-bond donors (Lipinski definition) is 1. The topological polar surface area (TPSA) is 46.3 Å². The van der Waals surface area contributed by atoms with E-state index in [1.54, 1.807) is 0 Å². The highest BCUT2D eigenvalue weighted by Gasteiger charge is 2.15. The van der Waals surface area contributed by atoms with Gasteiger partial charge < -0.3 is 10.6 Å². The van der Waals surface area contributed by atoms with Crippen LogP contribution < -0.4 is 5.73 Å². The molecule has 0 spiro atoms. The monoisotopic (exact) mass is 294 g/mol. The molecule has 21 heavy (non-hydrogen) atoms. The van der Waals surface area contributed by atoms with Crippen molar-refractivity contribution >= 4 is 11.6 Å². The quantitative estimate of drug-likeness (QED) is 0.885. The van der Waals surface area contributed by atoms with Crippen molar-refractivity contribution < 1.29 is 18.0 Å². The first-order valence-corrected chi connectivity index (χ1v) is 6.12. The highest BCUT2D eigenvalue weighted by Crippen LogP contribution is 2.16. The largest absolute Gasteiger partial charge is 0.399 e. The Labute approximate surface area is 119 Å². The number of nitrogens with two attached hydrogens (primary N) is 1. The van der Waals surface area contributed by atoms with Gasteiger partial charge in [0, 0.05) is 36.5 Å². The highest BCUT2D eigenvalue weighted by molar-refractivity contribution is 5.94. The van der Waals surface area contributed by atoms with Gasteiger partial charge in [0.2, 0.25) is 0 Å². The van der Waals surface area contributed by atoms with Crippen molar-refractivity contribution in [2.75, 3.05) is 12.8 Å². The summed E-state index contributed by atoms with van der Waals surface area (Å²) in [6.07, 6.45) is 0. The second-order valence-corrected chi connectivity index (χ2v) is 4.67. The zero-order chi connectivity index (χ0) is 15.6. The van der Waals surface area contributed by atoms with E-state index in [9.17, 15) is 18.0 Å². The summed E-state index contributed by atoms with van der Waals surface area (Å²) >= 11 is 0. The molecule has 1 amide bonds. The third-order valence-corrected chi connectivity index (χ3v) is 2.94. The number of amides is 1. The van der Waals surface area contributed by atoms with E-state index < -0.39 is 23.4 Å². The number of nitrogens with zero attached hydrogens (tertiary/aromatic N) is 1. The second kappa shape index (κ2) is 5.87. The van der Waals surface area contributed by atoms with Crippen molar-refractivity contribution in [2.45, 2.75) is 6.54 Å². The molecule has 0 aliphatic carbocycles. The van der Waals surface area contributed by atoms with Crippen LogP contribution in [0.4, 0.5) is 18.9 Å². The van der Waals surface area contributed by atoms with Crippen LogP contribution in [-0.2, 0) is 6.54 Å². The summed E-state index contributed by atoms with van der Waals surface area (Å²) in [5, 5.41) is 0. The van der Waals surface area contributed by atoms with E-state index in [0.717, 1.165) is 24.3 Å². The van der Waals surface area contributed by atoms with Crippen molar-refractivity contribution in [1.82, 2.24) is 4.90 Å². The van der Waals surface area contributed by atoms with Gasteiger partial charge >= 0.3 is 0 Å². The Morgan fingerprint density at radius 1 is 1.10 bits per heavy atom. The molecule has 2 aromatic rings. The van der Waals surface area contributed by atoms with Crippen molar-refractivity contribution in [1.29, 1.82) is 0 Å². The predicted octanol–water partition coefficient (Wildman–Crippen LogP) is 2.96. The molecular weight excluding hydrogens is 281 g/mol. The maximum Gasteiger partial charge on any atom is 0.254 e. The molecular formula is C15H13F3N2O. The van der Waals surface area contributed by atoms with Crippen LogP contribution in [-0.4, -0.2) is 17.9 Å². The number of halogens is 3. The number of carbonyl (C=O) groups excluding carboxylic acids is 1. The van der Waals surface area contributed by atoms with Crippen molar-refractivity contribution in [3.05, 3.63) is 65.0 Å². The number of carbonyl (C=O) groups is 1. The minimum absolute atomic E-state index is 0.0671. The molecule has 2 N–H and O–H groups in total. The van der Waals surface area contributed by atoms with E-state index in [4.69, 9.17) is 5.73 Å². The molecule has 0 aliphatic heterocycles. The number of anilines is 1. The number of benzene rings is 2. The van der Waals surface area contributed by atoms with E-state index in [1.807, 2.05) is 0 Å². The molecule has 0 heterocycles. The first-order chi connectivity index (χ1) is 9.86. The lowest BCUT2D eigenvalue weighted by atomic mass is 10.1. The molecule has 0 aliphatic rings. The van der Waals surface area contributed by atoms with Crippen LogP contribution in [0.25, 0.3) is 0 Å². The summed E-state index contributed by atoms with van der Waals surface area (Å²) < 4.78 is 39.6. The van der Waals surface area contributed by atoms with E-state index in [2.05, 4.69) is 0 Å². The van der Waals surface area contributed by atoms with Crippen LogP contribution in [0.15, 0.2) is 36.4 Å². The summed E-state index contributed by atoms with van der Waals surface area (Å²) in [5.74, 6) is -2.57. The van der Waals surface area contributed by atoms with Crippen LogP contribution in [0.2, 0.25) is 0 Å².